The molecule has 0 saturated carbocycles. The number of rotatable bonds is 23. The van der Waals surface area contributed by atoms with Gasteiger partial charge < -0.3 is 63.3 Å². The molecule has 0 aliphatic rings. The fourth-order valence-corrected chi connectivity index (χ4v) is 5.49. The molecule has 60 heavy (non-hydrogen) atoms. The zero-order valence-corrected chi connectivity index (χ0v) is 36.2. The van der Waals surface area contributed by atoms with E-state index in [0.717, 1.165) is 4.90 Å². The number of carboxylic acids is 1. The number of aliphatic carboxylic acids is 1. The number of nitrogens with one attached hydrogen (secondary N) is 5. The molecular weight excluding hydrogens is 782 g/mol. The maximum atomic E-state index is 14.0. The summed E-state index contributed by atoms with van der Waals surface area (Å²) in [6.07, 6.45) is -0.335. The number of esters is 2. The number of likely N-dealkylation sites (N-methyl/N-ethyl adjacent to an activating group) is 1. The lowest BCUT2D eigenvalue weighted by Crippen LogP contribution is -2.56. The Kier molecular flexibility index (Phi) is 20.7. The molecule has 1 aromatic carbocycles. The third kappa shape index (κ3) is 20.3. The monoisotopic (exact) mass is 847 g/mol. The van der Waals surface area contributed by atoms with Crippen LogP contribution in [0, 0.1) is 5.92 Å². The molecule has 0 aromatic heterocycles. The van der Waals surface area contributed by atoms with E-state index in [1.807, 2.05) is 0 Å². The predicted octanol–water partition coefficient (Wildman–Crippen LogP) is -0.381. The molecule has 20 nitrogen and oxygen atoms in total. The minimum Gasteiger partial charge on any atom is -0.480 e. The molecule has 5 amide bonds. The first-order valence-electron chi connectivity index (χ1n) is 19.5. The van der Waals surface area contributed by atoms with Gasteiger partial charge in [0.25, 0.3) is 5.91 Å². The number of carbonyl (C=O) groups excluding carboxylic acids is 7. The van der Waals surface area contributed by atoms with Gasteiger partial charge in [-0.25, -0.2) is 0 Å². The Morgan fingerprint density at radius 3 is 1.63 bits per heavy atom. The molecule has 1 aromatic rings. The molecule has 0 heterocycles. The van der Waals surface area contributed by atoms with Crippen molar-refractivity contribution in [1.29, 1.82) is 0 Å². The topological polar surface area (TPSA) is 317 Å². The molecule has 0 unspecified atom stereocenters. The van der Waals surface area contributed by atoms with Crippen molar-refractivity contribution >= 4 is 47.4 Å². The highest BCUT2D eigenvalue weighted by atomic mass is 16.6. The lowest BCUT2D eigenvalue weighted by molar-refractivity contribution is -0.157. The summed E-state index contributed by atoms with van der Waals surface area (Å²) in [4.78, 5) is 104. The van der Waals surface area contributed by atoms with Crippen LogP contribution in [0.3, 0.4) is 0 Å². The molecule has 0 bridgehead atoms. The van der Waals surface area contributed by atoms with Crippen LogP contribution in [-0.2, 0) is 56.1 Å². The largest absolute Gasteiger partial charge is 0.480 e. The van der Waals surface area contributed by atoms with Crippen LogP contribution < -0.4 is 43.8 Å². The summed E-state index contributed by atoms with van der Waals surface area (Å²) in [7, 11) is 1.37. The first kappa shape index (κ1) is 52.3. The first-order valence-corrected chi connectivity index (χ1v) is 19.5. The van der Waals surface area contributed by atoms with E-state index in [1.165, 1.54) is 19.2 Å². The molecule has 0 spiro atoms. The quantitative estimate of drug-likeness (QED) is 0.0501. The smallest absolute Gasteiger partial charge is 0.322 e. The van der Waals surface area contributed by atoms with Gasteiger partial charge >= 0.3 is 17.9 Å². The van der Waals surface area contributed by atoms with Gasteiger partial charge in [-0.2, -0.15) is 0 Å². The maximum Gasteiger partial charge on any atom is 0.322 e. The Hall–Kier alpha value is -5.76. The molecule has 0 fully saturated rings. The molecular formula is C40H65N9O11. The second-order valence-corrected chi connectivity index (χ2v) is 16.6. The lowest BCUT2D eigenvalue weighted by atomic mass is 9.99. The Balaban J connectivity index is 3.42. The number of hydrogen-bond donors (Lipinski definition) is 9. The maximum absolute atomic E-state index is 14.0. The van der Waals surface area contributed by atoms with Crippen LogP contribution >= 0.6 is 0 Å². The predicted molar refractivity (Wildman–Crippen MR) is 221 cm³/mol. The number of benzene rings is 1. The van der Waals surface area contributed by atoms with Gasteiger partial charge in [-0.1, -0.05) is 26.5 Å². The minimum absolute atomic E-state index is 0.0204. The standard InChI is InChI=1S/C40H65N9O11/c1-22(2)33(38(58)49(10)29(12-11-13-44-23(3)41)37(57)47-21-30(50)51)48-34(54)26-15-24(19-45-35(55)27(42)17-31(52)59-39(4,5)6)14-25(16-26)20-46-36(56)28(43)18-32(53)60-40(7,8)9/h14-16,22,27-29,33,44H,3,11-13,17-21,41-43H2,1-2,4-10H3,(H,45,55)(H,46,56)(H,47,57)(H,48,54)(H,50,51)/t27-,28-,29-,33+/m0/s1. The Morgan fingerprint density at radius 2 is 1.23 bits per heavy atom. The summed E-state index contributed by atoms with van der Waals surface area (Å²) >= 11 is 0. The van der Waals surface area contributed by atoms with E-state index in [2.05, 4.69) is 33.2 Å². The average molecular weight is 848 g/mol. The van der Waals surface area contributed by atoms with Crippen molar-refractivity contribution in [2.45, 2.75) is 130 Å². The van der Waals surface area contributed by atoms with E-state index in [4.69, 9.17) is 31.8 Å². The molecule has 0 aliphatic heterocycles. The van der Waals surface area contributed by atoms with Crippen molar-refractivity contribution < 1.29 is 52.9 Å². The van der Waals surface area contributed by atoms with Crippen molar-refractivity contribution in [1.82, 2.24) is 31.5 Å². The molecule has 0 saturated heterocycles. The normalized spacial score (nSPS) is 13.4. The van der Waals surface area contributed by atoms with Gasteiger partial charge in [0.15, 0.2) is 0 Å². The van der Waals surface area contributed by atoms with Crippen LogP contribution in [-0.4, -0.2) is 113 Å². The van der Waals surface area contributed by atoms with Crippen molar-refractivity contribution in [3.05, 3.63) is 47.3 Å². The van der Waals surface area contributed by atoms with Gasteiger partial charge in [-0.15, -0.1) is 0 Å². The SMILES string of the molecule is C=C(N)NCCC[C@@H](C(=O)NCC(=O)O)N(C)C(=O)[C@H](NC(=O)c1cc(CNC(=O)[C@@H](N)CC(=O)OC(C)(C)C)cc(CNC(=O)[C@@H](N)CC(=O)OC(C)(C)C)c1)C(C)C. The van der Waals surface area contributed by atoms with Crippen LogP contribution in [0.4, 0.5) is 0 Å². The van der Waals surface area contributed by atoms with E-state index in [1.54, 1.807) is 61.5 Å². The summed E-state index contributed by atoms with van der Waals surface area (Å²) in [6.45, 7) is 16.3. The summed E-state index contributed by atoms with van der Waals surface area (Å²) < 4.78 is 10.5. The number of nitrogens with two attached hydrogens (primary N) is 3. The minimum atomic E-state index is -1.28. The number of carbonyl (C=O) groups is 8. The van der Waals surface area contributed by atoms with E-state index >= 15 is 0 Å². The van der Waals surface area contributed by atoms with E-state index in [0.29, 0.717) is 24.1 Å². The van der Waals surface area contributed by atoms with Crippen molar-refractivity contribution in [2.24, 2.45) is 23.1 Å². The van der Waals surface area contributed by atoms with E-state index < -0.39 is 108 Å². The first-order chi connectivity index (χ1) is 27.6. The number of hydrogen-bond acceptors (Lipinski definition) is 14. The molecule has 4 atom stereocenters. The summed E-state index contributed by atoms with van der Waals surface area (Å²) in [5.41, 5.74) is 16.7. The molecule has 336 valence electrons. The summed E-state index contributed by atoms with van der Waals surface area (Å²) in [6, 6.07) is -0.322. The van der Waals surface area contributed by atoms with E-state index in [-0.39, 0.29) is 30.9 Å². The number of nitrogens with zero attached hydrogens (tertiary/aromatic N) is 1. The summed E-state index contributed by atoms with van der Waals surface area (Å²) in [5.74, 6) is -6.37. The molecule has 20 heteroatoms. The van der Waals surface area contributed by atoms with Crippen LogP contribution in [0.25, 0.3) is 0 Å². The van der Waals surface area contributed by atoms with Gasteiger partial charge in [0.2, 0.25) is 23.6 Å². The second kappa shape index (κ2) is 23.7. The lowest BCUT2D eigenvalue weighted by Gasteiger charge is -2.32. The zero-order chi connectivity index (χ0) is 46.1. The van der Waals surface area contributed by atoms with Crippen molar-refractivity contribution in [2.75, 3.05) is 20.1 Å². The fourth-order valence-electron chi connectivity index (χ4n) is 5.49. The Bertz CT molecular complexity index is 1650. The fraction of sp³-hybridized carbons (Fsp3) is 0.600. The number of ether oxygens (including phenoxy) is 2. The number of carboxylic acid groups (broad SMARTS) is 1. The van der Waals surface area contributed by atoms with Gasteiger partial charge in [-0.05, 0) is 83.6 Å². The second-order valence-electron chi connectivity index (χ2n) is 16.6. The zero-order valence-electron chi connectivity index (χ0n) is 36.2. The van der Waals surface area contributed by atoms with Crippen LogP contribution in [0.15, 0.2) is 30.6 Å². The molecule has 12 N–H and O–H groups in total. The van der Waals surface area contributed by atoms with Gasteiger partial charge in [0.05, 0.1) is 30.7 Å². The van der Waals surface area contributed by atoms with Crippen LogP contribution in [0.1, 0.15) is 103 Å². The molecule has 0 radical (unpaired) electrons. The van der Waals surface area contributed by atoms with Crippen molar-refractivity contribution in [3.8, 4) is 0 Å². The average Bonchev–Trinajstić information content (AvgIpc) is 3.11. The third-order valence-electron chi connectivity index (χ3n) is 8.29. The highest BCUT2D eigenvalue weighted by Gasteiger charge is 2.34. The third-order valence-corrected chi connectivity index (χ3v) is 8.29. The Morgan fingerprint density at radius 1 is 0.767 bits per heavy atom. The van der Waals surface area contributed by atoms with E-state index in [9.17, 15) is 38.4 Å². The van der Waals surface area contributed by atoms with Gasteiger partial charge in [0, 0.05) is 32.2 Å². The van der Waals surface area contributed by atoms with Gasteiger partial charge in [-0.3, -0.25) is 38.4 Å². The van der Waals surface area contributed by atoms with Crippen LogP contribution in [0.2, 0.25) is 0 Å². The Labute approximate surface area is 351 Å². The molecule has 0 aliphatic carbocycles. The molecule has 1 rings (SSSR count). The summed E-state index contributed by atoms with van der Waals surface area (Å²) in [5, 5.41) is 22.2. The van der Waals surface area contributed by atoms with Gasteiger partial charge in [0.1, 0.15) is 29.8 Å². The number of amides is 5. The van der Waals surface area contributed by atoms with Crippen molar-refractivity contribution in [3.63, 3.8) is 0 Å². The van der Waals surface area contributed by atoms with Crippen LogP contribution in [0.5, 0.6) is 0 Å². The highest BCUT2D eigenvalue weighted by molar-refractivity contribution is 5.99. The highest BCUT2D eigenvalue weighted by Crippen LogP contribution is 2.17.